The molecular weight excluding hydrogens is 276 g/mol. The molecule has 110 valence electrons. The number of nitriles is 1. The van der Waals surface area contributed by atoms with Crippen molar-refractivity contribution in [2.45, 2.75) is 24.7 Å². The molecule has 2 aromatic rings. The van der Waals surface area contributed by atoms with Gasteiger partial charge in [0.15, 0.2) is 0 Å². The highest BCUT2D eigenvalue weighted by molar-refractivity contribution is 5.60. The van der Waals surface area contributed by atoms with Crippen molar-refractivity contribution >= 4 is 0 Å². The van der Waals surface area contributed by atoms with Crippen LogP contribution in [0.5, 0.6) is 5.88 Å². The van der Waals surface area contributed by atoms with Crippen LogP contribution in [-0.4, -0.2) is 10.2 Å². The van der Waals surface area contributed by atoms with Gasteiger partial charge in [-0.05, 0) is 24.3 Å². The largest absolute Gasteiger partial charge is 0.422 e. The molecule has 5 nitrogen and oxygen atoms in total. The Hall–Kier alpha value is -2.74. The first-order valence-electron chi connectivity index (χ1n) is 7.46. The van der Waals surface area contributed by atoms with Crippen LogP contribution in [0.1, 0.15) is 30.4 Å². The summed E-state index contributed by atoms with van der Waals surface area (Å²) in [6.07, 6.45) is 5.08. The van der Waals surface area contributed by atoms with E-state index in [1.165, 1.54) is 6.42 Å². The first-order chi connectivity index (χ1) is 10.8. The number of allylic oxidation sites excluding steroid dienone is 1. The van der Waals surface area contributed by atoms with Crippen molar-refractivity contribution in [1.82, 2.24) is 10.2 Å². The van der Waals surface area contributed by atoms with Gasteiger partial charge in [-0.1, -0.05) is 36.8 Å². The summed E-state index contributed by atoms with van der Waals surface area (Å²) in [5, 5.41) is 16.8. The molecule has 1 aliphatic heterocycles. The molecule has 2 heterocycles. The quantitative estimate of drug-likeness (QED) is 0.890. The molecule has 1 unspecified atom stereocenters. The monoisotopic (exact) mass is 292 g/mol. The van der Waals surface area contributed by atoms with E-state index in [-0.39, 0.29) is 5.88 Å². The van der Waals surface area contributed by atoms with E-state index < -0.39 is 5.41 Å². The van der Waals surface area contributed by atoms with E-state index in [1.54, 1.807) is 6.20 Å². The van der Waals surface area contributed by atoms with E-state index in [2.05, 4.69) is 28.4 Å². The Balaban J connectivity index is 2.07. The van der Waals surface area contributed by atoms with Gasteiger partial charge < -0.3 is 10.5 Å². The van der Waals surface area contributed by atoms with Crippen molar-refractivity contribution in [1.29, 1.82) is 5.26 Å². The number of ether oxygens (including phenoxy) is 1. The lowest BCUT2D eigenvalue weighted by Gasteiger charge is -2.47. The van der Waals surface area contributed by atoms with Crippen LogP contribution in [0, 0.1) is 17.2 Å². The minimum absolute atomic E-state index is 0.176. The van der Waals surface area contributed by atoms with Crippen molar-refractivity contribution in [2.24, 2.45) is 11.7 Å². The second-order valence-corrected chi connectivity index (χ2v) is 5.87. The minimum atomic E-state index is -0.557. The van der Waals surface area contributed by atoms with Crippen molar-refractivity contribution in [2.75, 3.05) is 0 Å². The summed E-state index contributed by atoms with van der Waals surface area (Å²) in [5.41, 5.74) is 8.01. The molecule has 1 fully saturated rings. The van der Waals surface area contributed by atoms with E-state index in [0.717, 1.165) is 24.0 Å². The Bertz CT molecular complexity index is 782. The maximum atomic E-state index is 9.79. The predicted octanol–water partition coefficient (Wildman–Crippen LogP) is 2.58. The molecule has 0 amide bonds. The second-order valence-electron chi connectivity index (χ2n) is 5.87. The first-order valence-corrected chi connectivity index (χ1v) is 7.46. The van der Waals surface area contributed by atoms with Gasteiger partial charge in [-0.3, -0.25) is 0 Å². The van der Waals surface area contributed by atoms with Gasteiger partial charge in [0.05, 0.1) is 17.2 Å². The summed E-state index contributed by atoms with van der Waals surface area (Å²) in [5.74, 6) is 1.06. The summed E-state index contributed by atoms with van der Waals surface area (Å²) in [7, 11) is 0. The zero-order chi connectivity index (χ0) is 15.2. The summed E-state index contributed by atoms with van der Waals surface area (Å²) >= 11 is 0. The van der Waals surface area contributed by atoms with E-state index in [0.29, 0.717) is 17.4 Å². The van der Waals surface area contributed by atoms with Crippen LogP contribution in [0.4, 0.5) is 0 Å². The third-order valence-electron chi connectivity index (χ3n) is 4.94. The average Bonchev–Trinajstić information content (AvgIpc) is 2.94. The van der Waals surface area contributed by atoms with Gasteiger partial charge in [0, 0.05) is 0 Å². The third kappa shape index (κ3) is 1.49. The van der Waals surface area contributed by atoms with Crippen LogP contribution in [-0.2, 0) is 5.41 Å². The molecule has 0 bridgehead atoms. The lowest BCUT2D eigenvalue weighted by molar-refractivity contribution is 0.207. The number of nitrogens with zero attached hydrogens (tertiary/aromatic N) is 2. The number of fused-ring (bicyclic) bond motifs is 1. The van der Waals surface area contributed by atoms with Crippen LogP contribution in [0.3, 0.4) is 0 Å². The van der Waals surface area contributed by atoms with Crippen molar-refractivity contribution in [3.05, 3.63) is 59.1 Å². The van der Waals surface area contributed by atoms with Crippen LogP contribution >= 0.6 is 0 Å². The number of benzene rings is 1. The summed E-state index contributed by atoms with van der Waals surface area (Å²) < 4.78 is 5.59. The lowest BCUT2D eigenvalue weighted by Crippen LogP contribution is -2.45. The summed E-state index contributed by atoms with van der Waals surface area (Å²) in [6, 6.07) is 12.4. The van der Waals surface area contributed by atoms with Gasteiger partial charge in [-0.15, -0.1) is 0 Å². The Labute approximate surface area is 128 Å². The highest BCUT2D eigenvalue weighted by atomic mass is 16.5. The summed E-state index contributed by atoms with van der Waals surface area (Å²) in [4.78, 5) is 0. The molecule has 5 heteroatoms. The molecule has 22 heavy (non-hydrogen) atoms. The van der Waals surface area contributed by atoms with E-state index >= 15 is 0 Å². The van der Waals surface area contributed by atoms with Crippen molar-refractivity contribution < 1.29 is 4.74 Å². The molecule has 1 aliphatic carbocycles. The van der Waals surface area contributed by atoms with Gasteiger partial charge in [0.25, 0.3) is 0 Å². The second kappa shape index (κ2) is 4.63. The normalized spacial score (nSPS) is 24.1. The molecule has 3 N–H and O–H groups in total. The zero-order valence-corrected chi connectivity index (χ0v) is 12.0. The molecule has 0 spiro atoms. The van der Waals surface area contributed by atoms with Crippen LogP contribution in [0.15, 0.2) is 48.0 Å². The summed E-state index contributed by atoms with van der Waals surface area (Å²) in [6.45, 7) is 0. The number of aromatic nitrogens is 2. The topological polar surface area (TPSA) is 87.7 Å². The molecule has 1 atom stereocenters. The van der Waals surface area contributed by atoms with E-state index in [4.69, 9.17) is 10.5 Å². The maximum Gasteiger partial charge on any atom is 0.221 e. The fourth-order valence-electron chi connectivity index (χ4n) is 3.77. The van der Waals surface area contributed by atoms with Crippen LogP contribution in [0.25, 0.3) is 0 Å². The Morgan fingerprint density at radius 2 is 2.09 bits per heavy atom. The molecule has 2 aliphatic rings. The SMILES string of the molecule is N#CC1=C(N)Oc2[nH]ncc2C1(c1ccccc1)C1CCC1. The number of H-pyrrole nitrogens is 1. The fourth-order valence-corrected chi connectivity index (χ4v) is 3.77. The number of aromatic amines is 1. The van der Waals surface area contributed by atoms with Crippen molar-refractivity contribution in [3.8, 4) is 11.9 Å². The molecule has 1 aromatic carbocycles. The number of nitrogens with one attached hydrogen (secondary N) is 1. The smallest absolute Gasteiger partial charge is 0.221 e. The zero-order valence-electron chi connectivity index (χ0n) is 12.0. The minimum Gasteiger partial charge on any atom is -0.422 e. The lowest BCUT2D eigenvalue weighted by atomic mass is 9.55. The van der Waals surface area contributed by atoms with E-state index in [1.807, 2.05) is 18.2 Å². The Morgan fingerprint density at radius 3 is 2.73 bits per heavy atom. The predicted molar refractivity (Wildman–Crippen MR) is 80.6 cm³/mol. The number of hydrogen-bond donors (Lipinski definition) is 2. The molecule has 0 radical (unpaired) electrons. The first kappa shape index (κ1) is 13.0. The molecule has 1 saturated carbocycles. The standard InChI is InChI=1S/C17H16N4O/c18-9-13-15(19)22-16-14(10-20-21-16)17(13,12-7-4-8-12)11-5-2-1-3-6-11/h1-3,5-6,10,12H,4,7-8,19H2,(H,20,21). The Kier molecular flexibility index (Phi) is 2.73. The third-order valence-corrected chi connectivity index (χ3v) is 4.94. The number of hydrogen-bond acceptors (Lipinski definition) is 4. The highest BCUT2D eigenvalue weighted by Crippen LogP contribution is 2.56. The Morgan fingerprint density at radius 1 is 1.32 bits per heavy atom. The molecule has 0 saturated heterocycles. The van der Waals surface area contributed by atoms with Crippen molar-refractivity contribution in [3.63, 3.8) is 0 Å². The molecule has 1 aromatic heterocycles. The number of rotatable bonds is 2. The van der Waals surface area contributed by atoms with Gasteiger partial charge in [0.1, 0.15) is 11.6 Å². The number of nitrogens with two attached hydrogens (primary N) is 1. The van der Waals surface area contributed by atoms with Crippen LogP contribution < -0.4 is 10.5 Å². The molecular formula is C17H16N4O. The average molecular weight is 292 g/mol. The fraction of sp³-hybridized carbons (Fsp3) is 0.294. The maximum absolute atomic E-state index is 9.79. The van der Waals surface area contributed by atoms with Crippen LogP contribution in [0.2, 0.25) is 0 Å². The van der Waals surface area contributed by atoms with Gasteiger partial charge in [-0.25, -0.2) is 5.10 Å². The highest BCUT2D eigenvalue weighted by Gasteiger charge is 2.53. The van der Waals surface area contributed by atoms with Gasteiger partial charge in [0.2, 0.25) is 11.8 Å². The molecule has 4 rings (SSSR count). The van der Waals surface area contributed by atoms with Gasteiger partial charge in [-0.2, -0.15) is 10.4 Å². The van der Waals surface area contributed by atoms with Gasteiger partial charge >= 0.3 is 0 Å². The van der Waals surface area contributed by atoms with E-state index in [9.17, 15) is 5.26 Å².